The summed E-state index contributed by atoms with van der Waals surface area (Å²) in [5, 5.41) is 1.94. The van der Waals surface area contributed by atoms with Crippen LogP contribution in [0.5, 0.6) is 0 Å². The first-order valence-electron chi connectivity index (χ1n) is 6.71. The standard InChI is InChI=1S/C15H10Cl4FN3O2/c1-23(6-9(24)21-8-4-2-3-7(20)5-8)15(25)13-11(17)10(16)12(18)14(19)22-13/h2-5H,6H2,1H3,(H,21,24). The van der Waals surface area contributed by atoms with Crippen LogP contribution in [0.2, 0.25) is 20.2 Å². The Morgan fingerprint density at radius 3 is 2.48 bits per heavy atom. The zero-order valence-electron chi connectivity index (χ0n) is 12.6. The molecule has 2 rings (SSSR count). The van der Waals surface area contributed by atoms with Gasteiger partial charge in [0, 0.05) is 12.7 Å². The lowest BCUT2D eigenvalue weighted by Crippen LogP contribution is -2.35. The lowest BCUT2D eigenvalue weighted by Gasteiger charge is -2.17. The van der Waals surface area contributed by atoms with Crippen molar-refractivity contribution in [3.05, 3.63) is 56.0 Å². The molecular formula is C15H10Cl4FN3O2. The van der Waals surface area contributed by atoms with Gasteiger partial charge in [0.15, 0.2) is 0 Å². The number of aromatic nitrogens is 1. The Balaban J connectivity index is 2.11. The molecule has 0 unspecified atom stereocenters. The highest BCUT2D eigenvalue weighted by Gasteiger charge is 2.24. The van der Waals surface area contributed by atoms with E-state index in [-0.39, 0.29) is 38.1 Å². The quantitative estimate of drug-likeness (QED) is 0.732. The molecule has 10 heteroatoms. The number of likely N-dealkylation sites (N-methyl/N-ethyl adjacent to an activating group) is 1. The molecule has 0 atom stereocenters. The smallest absolute Gasteiger partial charge is 0.274 e. The van der Waals surface area contributed by atoms with Gasteiger partial charge >= 0.3 is 0 Å². The van der Waals surface area contributed by atoms with Crippen molar-refractivity contribution in [2.45, 2.75) is 0 Å². The summed E-state index contributed by atoms with van der Waals surface area (Å²) in [6.07, 6.45) is 0. The van der Waals surface area contributed by atoms with Gasteiger partial charge in [-0.05, 0) is 18.2 Å². The molecule has 1 heterocycles. The Kier molecular flexibility index (Phi) is 6.46. The zero-order chi connectivity index (χ0) is 18.7. The number of pyridine rings is 1. The van der Waals surface area contributed by atoms with Gasteiger partial charge in [-0.3, -0.25) is 9.59 Å². The molecule has 0 aliphatic carbocycles. The van der Waals surface area contributed by atoms with E-state index in [0.717, 1.165) is 11.0 Å². The van der Waals surface area contributed by atoms with E-state index in [1.54, 1.807) is 0 Å². The Labute approximate surface area is 162 Å². The van der Waals surface area contributed by atoms with Crippen molar-refractivity contribution in [3.63, 3.8) is 0 Å². The van der Waals surface area contributed by atoms with Crippen molar-refractivity contribution < 1.29 is 14.0 Å². The number of anilines is 1. The predicted molar refractivity (Wildman–Crippen MR) is 96.3 cm³/mol. The summed E-state index contributed by atoms with van der Waals surface area (Å²) in [7, 11) is 1.36. The second-order valence-corrected chi connectivity index (χ2v) is 6.40. The molecule has 0 saturated carbocycles. The van der Waals surface area contributed by atoms with Crippen LogP contribution in [0.4, 0.5) is 10.1 Å². The van der Waals surface area contributed by atoms with Gasteiger partial charge in [-0.25, -0.2) is 9.37 Å². The maximum absolute atomic E-state index is 13.1. The third-order valence-corrected chi connectivity index (χ3v) is 4.70. The molecular weight excluding hydrogens is 415 g/mol. The van der Waals surface area contributed by atoms with Gasteiger partial charge in [-0.1, -0.05) is 52.5 Å². The highest BCUT2D eigenvalue weighted by atomic mass is 35.5. The zero-order valence-corrected chi connectivity index (χ0v) is 15.6. The molecule has 132 valence electrons. The average Bonchev–Trinajstić information content (AvgIpc) is 2.55. The van der Waals surface area contributed by atoms with E-state index in [1.807, 2.05) is 0 Å². The van der Waals surface area contributed by atoms with Crippen LogP contribution in [0.1, 0.15) is 10.5 Å². The molecule has 1 aromatic carbocycles. The van der Waals surface area contributed by atoms with Gasteiger partial charge < -0.3 is 10.2 Å². The Hall–Kier alpha value is -1.60. The molecule has 5 nitrogen and oxygen atoms in total. The number of halogens is 5. The molecule has 0 aliphatic rings. The van der Waals surface area contributed by atoms with Crippen LogP contribution in [0.3, 0.4) is 0 Å². The van der Waals surface area contributed by atoms with Gasteiger partial charge in [-0.2, -0.15) is 0 Å². The largest absolute Gasteiger partial charge is 0.331 e. The first-order chi connectivity index (χ1) is 11.7. The molecule has 1 N–H and O–H groups in total. The van der Waals surface area contributed by atoms with Crippen LogP contribution >= 0.6 is 46.4 Å². The van der Waals surface area contributed by atoms with Gasteiger partial charge in [0.2, 0.25) is 5.91 Å². The number of nitrogens with zero attached hydrogens (tertiary/aromatic N) is 2. The van der Waals surface area contributed by atoms with Crippen molar-refractivity contribution in [2.75, 3.05) is 18.9 Å². The molecule has 0 aliphatic heterocycles. The van der Waals surface area contributed by atoms with E-state index in [2.05, 4.69) is 10.3 Å². The first-order valence-corrected chi connectivity index (χ1v) is 8.22. The minimum Gasteiger partial charge on any atom is -0.331 e. The number of benzene rings is 1. The monoisotopic (exact) mass is 423 g/mol. The lowest BCUT2D eigenvalue weighted by atomic mass is 10.3. The minimum absolute atomic E-state index is 0.0728. The maximum atomic E-state index is 13.1. The predicted octanol–water partition coefficient (Wildman–Crippen LogP) is 4.55. The van der Waals surface area contributed by atoms with E-state index >= 15 is 0 Å². The Morgan fingerprint density at radius 2 is 1.84 bits per heavy atom. The second kappa shape index (κ2) is 8.19. The van der Waals surface area contributed by atoms with E-state index < -0.39 is 17.6 Å². The number of hydrogen-bond donors (Lipinski definition) is 1. The molecule has 0 saturated heterocycles. The summed E-state index contributed by atoms with van der Waals surface area (Å²) < 4.78 is 13.1. The van der Waals surface area contributed by atoms with Crippen molar-refractivity contribution in [1.29, 1.82) is 0 Å². The summed E-state index contributed by atoms with van der Waals surface area (Å²) in [5.41, 5.74) is 0.0294. The molecule has 0 bridgehead atoms. The van der Waals surface area contributed by atoms with Crippen molar-refractivity contribution in [3.8, 4) is 0 Å². The highest BCUT2D eigenvalue weighted by Crippen LogP contribution is 2.36. The molecule has 25 heavy (non-hydrogen) atoms. The van der Waals surface area contributed by atoms with Crippen LogP contribution in [-0.2, 0) is 4.79 Å². The van der Waals surface area contributed by atoms with Crippen molar-refractivity contribution >= 4 is 63.9 Å². The van der Waals surface area contributed by atoms with Crippen molar-refractivity contribution in [1.82, 2.24) is 9.88 Å². The van der Waals surface area contributed by atoms with E-state index in [4.69, 9.17) is 46.4 Å². The molecule has 2 aromatic rings. The van der Waals surface area contributed by atoms with Crippen molar-refractivity contribution in [2.24, 2.45) is 0 Å². The number of nitrogens with one attached hydrogen (secondary N) is 1. The fraction of sp³-hybridized carbons (Fsp3) is 0.133. The highest BCUT2D eigenvalue weighted by molar-refractivity contribution is 6.52. The van der Waals surface area contributed by atoms with E-state index in [1.165, 1.54) is 25.2 Å². The number of carbonyl (C=O) groups is 2. The molecule has 2 amide bonds. The normalized spacial score (nSPS) is 10.5. The van der Waals surface area contributed by atoms with Gasteiger partial charge in [0.05, 0.1) is 21.6 Å². The van der Waals surface area contributed by atoms with Gasteiger partial charge in [0.1, 0.15) is 16.7 Å². The molecule has 0 radical (unpaired) electrons. The molecule has 0 fully saturated rings. The Bertz CT molecular complexity index is 848. The van der Waals surface area contributed by atoms with E-state index in [9.17, 15) is 14.0 Å². The van der Waals surface area contributed by atoms with Gasteiger partial charge in [-0.15, -0.1) is 0 Å². The number of amides is 2. The Morgan fingerprint density at radius 1 is 1.16 bits per heavy atom. The number of hydrogen-bond acceptors (Lipinski definition) is 3. The summed E-state index contributed by atoms with van der Waals surface area (Å²) in [6.45, 7) is -0.328. The summed E-state index contributed by atoms with van der Waals surface area (Å²) in [4.78, 5) is 29.3. The third kappa shape index (κ3) is 4.73. The third-order valence-electron chi connectivity index (χ3n) is 3.02. The fourth-order valence-electron chi connectivity index (χ4n) is 1.86. The maximum Gasteiger partial charge on any atom is 0.274 e. The van der Waals surface area contributed by atoms with Crippen LogP contribution in [0.25, 0.3) is 0 Å². The number of rotatable bonds is 4. The van der Waals surface area contributed by atoms with Crippen LogP contribution in [-0.4, -0.2) is 35.3 Å². The lowest BCUT2D eigenvalue weighted by molar-refractivity contribution is -0.116. The van der Waals surface area contributed by atoms with Gasteiger partial charge in [0.25, 0.3) is 5.91 Å². The SMILES string of the molecule is CN(CC(=O)Nc1cccc(F)c1)C(=O)c1nc(Cl)c(Cl)c(Cl)c1Cl. The summed E-state index contributed by atoms with van der Waals surface area (Å²) in [6, 6.07) is 5.35. The topological polar surface area (TPSA) is 62.3 Å². The van der Waals surface area contributed by atoms with E-state index in [0.29, 0.717) is 0 Å². The molecule has 0 spiro atoms. The first kappa shape index (κ1) is 19.7. The number of carbonyl (C=O) groups excluding carboxylic acids is 2. The average molecular weight is 425 g/mol. The molecule has 1 aromatic heterocycles. The van der Waals surface area contributed by atoms with Crippen LogP contribution < -0.4 is 5.32 Å². The van der Waals surface area contributed by atoms with Crippen LogP contribution in [0, 0.1) is 5.82 Å². The fourth-order valence-corrected chi connectivity index (χ4v) is 2.67. The minimum atomic E-state index is -0.681. The summed E-state index contributed by atoms with van der Waals surface area (Å²) in [5.74, 6) is -1.72. The second-order valence-electron chi connectivity index (χ2n) is 4.91. The van der Waals surface area contributed by atoms with Crippen LogP contribution in [0.15, 0.2) is 24.3 Å². The summed E-state index contributed by atoms with van der Waals surface area (Å²) >= 11 is 23.4.